The second kappa shape index (κ2) is 5.89. The molecule has 0 bridgehead atoms. The van der Waals surface area contributed by atoms with Crippen molar-refractivity contribution in [2.75, 3.05) is 38.2 Å². The van der Waals surface area contributed by atoms with Crippen LogP contribution in [0.4, 0.5) is 11.5 Å². The summed E-state index contributed by atoms with van der Waals surface area (Å²) in [5.74, 6) is 0.923. The number of pyridine rings is 1. The lowest BCUT2D eigenvalue weighted by molar-refractivity contribution is 0.405. The Morgan fingerprint density at radius 2 is 2.05 bits per heavy atom. The first-order valence-corrected chi connectivity index (χ1v) is 6.61. The van der Waals surface area contributed by atoms with Gasteiger partial charge in [0.25, 0.3) is 0 Å². The molecule has 0 aliphatic rings. The number of benzene rings is 1. The molecule has 0 aliphatic heterocycles. The molecule has 0 atom stereocenters. The number of nitrogens with one attached hydrogen (secondary N) is 1. The van der Waals surface area contributed by atoms with Crippen LogP contribution >= 0.6 is 0 Å². The summed E-state index contributed by atoms with van der Waals surface area (Å²) in [5, 5.41) is 5.57. The molecule has 3 N–H and O–H groups in total. The Bertz CT molecular complexity index is 563. The quantitative estimate of drug-likeness (QED) is 0.639. The minimum Gasteiger partial charge on any atom is -0.398 e. The Morgan fingerprint density at radius 3 is 2.79 bits per heavy atom. The lowest BCUT2D eigenvalue weighted by Crippen LogP contribution is -2.16. The van der Waals surface area contributed by atoms with Gasteiger partial charge >= 0.3 is 0 Å². The van der Waals surface area contributed by atoms with Gasteiger partial charge in [-0.25, -0.2) is 4.98 Å². The predicted octanol–water partition coefficient (Wildman–Crippen LogP) is 2.49. The Kier molecular flexibility index (Phi) is 4.22. The van der Waals surface area contributed by atoms with E-state index in [9.17, 15) is 0 Å². The van der Waals surface area contributed by atoms with Gasteiger partial charge in [-0.3, -0.25) is 0 Å². The number of aromatic nitrogens is 1. The zero-order chi connectivity index (χ0) is 13.8. The molecule has 0 aliphatic carbocycles. The molecule has 0 radical (unpaired) electrons. The van der Waals surface area contributed by atoms with Crippen LogP contribution in [0.25, 0.3) is 10.8 Å². The van der Waals surface area contributed by atoms with E-state index in [0.717, 1.165) is 47.4 Å². The van der Waals surface area contributed by atoms with Crippen molar-refractivity contribution >= 4 is 22.3 Å². The number of anilines is 2. The highest BCUT2D eigenvalue weighted by atomic mass is 15.1. The van der Waals surface area contributed by atoms with Crippen LogP contribution in [0.1, 0.15) is 12.0 Å². The summed E-state index contributed by atoms with van der Waals surface area (Å²) in [7, 11) is 4.17. The Labute approximate surface area is 114 Å². The van der Waals surface area contributed by atoms with Crippen molar-refractivity contribution in [3.63, 3.8) is 0 Å². The van der Waals surface area contributed by atoms with E-state index in [2.05, 4.69) is 42.3 Å². The number of hydrogen-bond donors (Lipinski definition) is 2. The van der Waals surface area contributed by atoms with Gasteiger partial charge in [0.15, 0.2) is 0 Å². The largest absolute Gasteiger partial charge is 0.398 e. The molecule has 4 nitrogen and oxygen atoms in total. The van der Waals surface area contributed by atoms with Crippen LogP contribution in [0, 0.1) is 6.92 Å². The molecule has 0 spiro atoms. The minimum atomic E-state index is 0.814. The molecule has 0 amide bonds. The van der Waals surface area contributed by atoms with E-state index < -0.39 is 0 Å². The number of nitrogens with zero attached hydrogens (tertiary/aromatic N) is 2. The monoisotopic (exact) mass is 258 g/mol. The third-order valence-electron chi connectivity index (χ3n) is 3.13. The van der Waals surface area contributed by atoms with Gasteiger partial charge in [0.1, 0.15) is 5.82 Å². The van der Waals surface area contributed by atoms with Crippen molar-refractivity contribution in [3.8, 4) is 0 Å². The van der Waals surface area contributed by atoms with Crippen LogP contribution in [0.15, 0.2) is 24.4 Å². The molecular formula is C15H22N4. The first kappa shape index (κ1) is 13.6. The predicted molar refractivity (Wildman–Crippen MR) is 82.6 cm³/mol. The van der Waals surface area contributed by atoms with E-state index >= 15 is 0 Å². The molecule has 0 saturated carbocycles. The third-order valence-corrected chi connectivity index (χ3v) is 3.13. The van der Waals surface area contributed by atoms with Gasteiger partial charge < -0.3 is 16.0 Å². The van der Waals surface area contributed by atoms with Gasteiger partial charge in [0, 0.05) is 29.2 Å². The van der Waals surface area contributed by atoms with Crippen LogP contribution in [0.2, 0.25) is 0 Å². The highest BCUT2D eigenvalue weighted by Crippen LogP contribution is 2.27. The molecule has 1 aromatic heterocycles. The second-order valence-corrected chi connectivity index (χ2v) is 5.19. The van der Waals surface area contributed by atoms with Crippen molar-refractivity contribution in [2.45, 2.75) is 13.3 Å². The number of rotatable bonds is 5. The fourth-order valence-electron chi connectivity index (χ4n) is 2.21. The topological polar surface area (TPSA) is 54.2 Å². The fourth-order valence-corrected chi connectivity index (χ4v) is 2.21. The van der Waals surface area contributed by atoms with E-state index in [1.54, 1.807) is 0 Å². The highest BCUT2D eigenvalue weighted by Gasteiger charge is 2.05. The lowest BCUT2D eigenvalue weighted by Gasteiger charge is -2.12. The van der Waals surface area contributed by atoms with Crippen LogP contribution in [0.5, 0.6) is 0 Å². The molecule has 0 fully saturated rings. The van der Waals surface area contributed by atoms with Crippen LogP contribution in [-0.2, 0) is 0 Å². The molecule has 0 unspecified atom stereocenters. The van der Waals surface area contributed by atoms with E-state index in [1.807, 2.05) is 18.3 Å². The zero-order valence-corrected chi connectivity index (χ0v) is 11.9. The fraction of sp³-hybridized carbons (Fsp3) is 0.400. The maximum absolute atomic E-state index is 6.06. The van der Waals surface area contributed by atoms with Crippen molar-refractivity contribution in [3.05, 3.63) is 30.0 Å². The van der Waals surface area contributed by atoms with Gasteiger partial charge in [0.05, 0.1) is 0 Å². The summed E-state index contributed by atoms with van der Waals surface area (Å²) in [6, 6.07) is 6.10. The van der Waals surface area contributed by atoms with Crippen molar-refractivity contribution < 1.29 is 0 Å². The lowest BCUT2D eigenvalue weighted by atomic mass is 10.1. The summed E-state index contributed by atoms with van der Waals surface area (Å²) in [5.41, 5.74) is 8.03. The van der Waals surface area contributed by atoms with Crippen LogP contribution in [-0.4, -0.2) is 37.1 Å². The van der Waals surface area contributed by atoms with Gasteiger partial charge in [-0.05, 0) is 57.7 Å². The standard InChI is InChI=1S/C15H22N4/c1-11-9-13-12(14(16)10-11)5-7-18-15(13)17-6-4-8-19(2)3/h5,7,9-10H,4,6,8,16H2,1-3H3,(H,17,18). The molecule has 1 aromatic carbocycles. The van der Waals surface area contributed by atoms with Crippen LogP contribution < -0.4 is 11.1 Å². The van der Waals surface area contributed by atoms with E-state index in [4.69, 9.17) is 5.73 Å². The maximum atomic E-state index is 6.06. The van der Waals surface area contributed by atoms with Gasteiger partial charge in [0.2, 0.25) is 0 Å². The Balaban J connectivity index is 2.19. The van der Waals surface area contributed by atoms with Crippen molar-refractivity contribution in [1.29, 1.82) is 0 Å². The summed E-state index contributed by atoms with van der Waals surface area (Å²) >= 11 is 0. The van der Waals surface area contributed by atoms with Crippen LogP contribution in [0.3, 0.4) is 0 Å². The number of aryl methyl sites for hydroxylation is 1. The van der Waals surface area contributed by atoms with Gasteiger partial charge in [-0.15, -0.1) is 0 Å². The smallest absolute Gasteiger partial charge is 0.133 e. The first-order chi connectivity index (χ1) is 9.08. The second-order valence-electron chi connectivity index (χ2n) is 5.19. The summed E-state index contributed by atoms with van der Waals surface area (Å²) in [4.78, 5) is 6.61. The molecule has 0 saturated heterocycles. The van der Waals surface area contributed by atoms with E-state index in [-0.39, 0.29) is 0 Å². The van der Waals surface area contributed by atoms with Crippen molar-refractivity contribution in [1.82, 2.24) is 9.88 Å². The van der Waals surface area contributed by atoms with E-state index in [0.29, 0.717) is 0 Å². The number of fused-ring (bicyclic) bond motifs is 1. The SMILES string of the molecule is Cc1cc(N)c2ccnc(NCCCN(C)C)c2c1. The average molecular weight is 258 g/mol. The number of nitrogen functional groups attached to an aromatic ring is 1. The molecular weight excluding hydrogens is 236 g/mol. The zero-order valence-electron chi connectivity index (χ0n) is 11.9. The Hall–Kier alpha value is -1.81. The molecule has 4 heteroatoms. The summed E-state index contributed by atoms with van der Waals surface area (Å²) in [6.07, 6.45) is 2.90. The number of nitrogens with two attached hydrogens (primary N) is 1. The first-order valence-electron chi connectivity index (χ1n) is 6.61. The summed E-state index contributed by atoms with van der Waals surface area (Å²) in [6.45, 7) is 4.04. The number of hydrogen-bond acceptors (Lipinski definition) is 4. The van der Waals surface area contributed by atoms with E-state index in [1.165, 1.54) is 0 Å². The van der Waals surface area contributed by atoms with Gasteiger partial charge in [-0.1, -0.05) is 0 Å². The van der Waals surface area contributed by atoms with Gasteiger partial charge in [-0.2, -0.15) is 0 Å². The minimum absolute atomic E-state index is 0.814. The molecule has 19 heavy (non-hydrogen) atoms. The maximum Gasteiger partial charge on any atom is 0.133 e. The molecule has 2 rings (SSSR count). The average Bonchev–Trinajstić information content (AvgIpc) is 2.34. The summed E-state index contributed by atoms with van der Waals surface area (Å²) < 4.78 is 0. The highest BCUT2D eigenvalue weighted by molar-refractivity contribution is 5.99. The van der Waals surface area contributed by atoms with Crippen molar-refractivity contribution in [2.24, 2.45) is 0 Å². The molecule has 102 valence electrons. The molecule has 1 heterocycles. The normalized spacial score (nSPS) is 11.2. The molecule has 2 aromatic rings. The third kappa shape index (κ3) is 3.35. The Morgan fingerprint density at radius 1 is 1.26 bits per heavy atom.